The number of aromatic nitrogens is 2. The first-order chi connectivity index (χ1) is 11.7. The summed E-state index contributed by atoms with van der Waals surface area (Å²) in [5.41, 5.74) is 1.10. The van der Waals surface area contributed by atoms with Crippen LogP contribution in [0.3, 0.4) is 0 Å². The van der Waals surface area contributed by atoms with E-state index < -0.39 is 21.6 Å². The molecule has 0 atom stereocenters. The van der Waals surface area contributed by atoms with E-state index in [2.05, 4.69) is 4.98 Å². The molecule has 4 nitrogen and oxygen atoms in total. The van der Waals surface area contributed by atoms with Crippen LogP contribution in [0.5, 0.6) is 0 Å². The number of alkyl halides is 3. The number of imidazole rings is 1. The summed E-state index contributed by atoms with van der Waals surface area (Å²) >= 11 is 0. The second-order valence-corrected chi connectivity index (χ2v) is 7.51. The zero-order valence-electron chi connectivity index (χ0n) is 13.0. The fourth-order valence-electron chi connectivity index (χ4n) is 2.40. The third-order valence-electron chi connectivity index (χ3n) is 3.69. The lowest BCUT2D eigenvalue weighted by molar-refractivity contribution is -0.137. The zero-order chi connectivity index (χ0) is 18.2. The molecule has 0 N–H and O–H groups in total. The van der Waals surface area contributed by atoms with Crippen LogP contribution in [0.2, 0.25) is 0 Å². The van der Waals surface area contributed by atoms with Crippen molar-refractivity contribution in [1.82, 2.24) is 9.55 Å². The van der Waals surface area contributed by atoms with Crippen LogP contribution in [0.1, 0.15) is 5.56 Å². The Labute approximate surface area is 142 Å². The zero-order valence-corrected chi connectivity index (χ0v) is 13.8. The van der Waals surface area contributed by atoms with Crippen molar-refractivity contribution < 1.29 is 21.6 Å². The standard InChI is InChI=1S/C17H13F3N2O2S/c1-25(23,24)15-8-6-14(7-9-15)22-11-21-10-16(22)12-2-4-13(5-3-12)17(18,19)20/h2-11H,1H3. The molecule has 0 saturated carbocycles. The predicted octanol–water partition coefficient (Wildman–Crippen LogP) is 3.96. The average molecular weight is 366 g/mol. The van der Waals surface area contributed by atoms with Gasteiger partial charge in [0, 0.05) is 17.5 Å². The summed E-state index contributed by atoms with van der Waals surface area (Å²) in [5, 5.41) is 0. The summed E-state index contributed by atoms with van der Waals surface area (Å²) in [4.78, 5) is 4.23. The molecular weight excluding hydrogens is 353 g/mol. The highest BCUT2D eigenvalue weighted by Crippen LogP contribution is 2.31. The number of rotatable bonds is 3. The summed E-state index contributed by atoms with van der Waals surface area (Å²) in [7, 11) is -3.30. The van der Waals surface area contributed by atoms with Gasteiger partial charge in [0.05, 0.1) is 28.7 Å². The minimum Gasteiger partial charge on any atom is -0.299 e. The third kappa shape index (κ3) is 3.58. The van der Waals surface area contributed by atoms with Gasteiger partial charge < -0.3 is 0 Å². The van der Waals surface area contributed by atoms with Gasteiger partial charge in [-0.2, -0.15) is 13.2 Å². The summed E-state index contributed by atoms with van der Waals surface area (Å²) in [6.45, 7) is 0. The van der Waals surface area contributed by atoms with Crippen LogP contribution in [0, 0.1) is 0 Å². The molecule has 0 fully saturated rings. The number of hydrogen-bond donors (Lipinski definition) is 0. The molecule has 0 bridgehead atoms. The van der Waals surface area contributed by atoms with E-state index in [9.17, 15) is 21.6 Å². The Morgan fingerprint density at radius 1 is 0.960 bits per heavy atom. The van der Waals surface area contributed by atoms with Crippen molar-refractivity contribution in [3.63, 3.8) is 0 Å². The van der Waals surface area contributed by atoms with Crippen LogP contribution < -0.4 is 0 Å². The maximum Gasteiger partial charge on any atom is 0.416 e. The van der Waals surface area contributed by atoms with Crippen LogP contribution in [-0.4, -0.2) is 24.2 Å². The van der Waals surface area contributed by atoms with Gasteiger partial charge in [-0.1, -0.05) is 12.1 Å². The quantitative estimate of drug-likeness (QED) is 0.705. The summed E-state index contributed by atoms with van der Waals surface area (Å²) < 4.78 is 62.7. The molecule has 0 amide bonds. The fourth-order valence-corrected chi connectivity index (χ4v) is 3.03. The predicted molar refractivity (Wildman–Crippen MR) is 87.1 cm³/mol. The van der Waals surface area contributed by atoms with Crippen molar-refractivity contribution in [2.75, 3.05) is 6.26 Å². The number of sulfone groups is 1. The van der Waals surface area contributed by atoms with Gasteiger partial charge in [0.25, 0.3) is 0 Å². The molecule has 0 spiro atoms. The molecule has 0 saturated heterocycles. The minimum absolute atomic E-state index is 0.187. The Hall–Kier alpha value is -2.61. The highest BCUT2D eigenvalue weighted by atomic mass is 32.2. The van der Waals surface area contributed by atoms with Crippen LogP contribution in [0.25, 0.3) is 16.9 Å². The Kier molecular flexibility index (Phi) is 4.16. The molecule has 0 aliphatic carbocycles. The monoisotopic (exact) mass is 366 g/mol. The molecule has 0 unspecified atom stereocenters. The van der Waals surface area contributed by atoms with Crippen molar-refractivity contribution in [1.29, 1.82) is 0 Å². The van der Waals surface area contributed by atoms with Gasteiger partial charge in [0.2, 0.25) is 0 Å². The first kappa shape index (κ1) is 17.2. The van der Waals surface area contributed by atoms with Crippen LogP contribution in [0.4, 0.5) is 13.2 Å². The number of nitrogens with zero attached hydrogens (tertiary/aromatic N) is 2. The van der Waals surface area contributed by atoms with Gasteiger partial charge >= 0.3 is 6.18 Å². The molecule has 8 heteroatoms. The SMILES string of the molecule is CS(=O)(=O)c1ccc(-n2cncc2-c2ccc(C(F)(F)F)cc2)cc1. The summed E-state index contributed by atoms with van der Waals surface area (Å²) in [5.74, 6) is 0. The van der Waals surface area contributed by atoms with Crippen molar-refractivity contribution >= 4 is 9.84 Å². The first-order valence-electron chi connectivity index (χ1n) is 7.17. The van der Waals surface area contributed by atoms with Crippen molar-refractivity contribution in [3.8, 4) is 16.9 Å². The molecule has 1 aromatic heterocycles. The summed E-state index contributed by atoms with van der Waals surface area (Å²) in [6.07, 6.45) is -0.220. The van der Waals surface area contributed by atoms with Gasteiger partial charge in [-0.15, -0.1) is 0 Å². The topological polar surface area (TPSA) is 52.0 Å². The van der Waals surface area contributed by atoms with E-state index in [-0.39, 0.29) is 4.90 Å². The molecule has 1 heterocycles. The minimum atomic E-state index is -4.39. The summed E-state index contributed by atoms with van der Waals surface area (Å²) in [6, 6.07) is 11.0. The largest absolute Gasteiger partial charge is 0.416 e. The van der Waals surface area contributed by atoms with Gasteiger partial charge in [0.15, 0.2) is 9.84 Å². The highest BCUT2D eigenvalue weighted by molar-refractivity contribution is 7.90. The maximum absolute atomic E-state index is 12.7. The molecule has 0 radical (unpaired) electrons. The van der Waals surface area contributed by atoms with Gasteiger partial charge in [-0.3, -0.25) is 4.57 Å². The van der Waals surface area contributed by atoms with E-state index in [4.69, 9.17) is 0 Å². The van der Waals surface area contributed by atoms with E-state index >= 15 is 0 Å². The smallest absolute Gasteiger partial charge is 0.299 e. The maximum atomic E-state index is 12.7. The lowest BCUT2D eigenvalue weighted by Crippen LogP contribution is -2.04. The Balaban J connectivity index is 1.98. The molecule has 130 valence electrons. The van der Waals surface area contributed by atoms with Gasteiger partial charge in [-0.05, 0) is 36.4 Å². The molecule has 3 rings (SSSR count). The molecule has 0 aliphatic rings. The Morgan fingerprint density at radius 3 is 2.08 bits per heavy atom. The van der Waals surface area contributed by atoms with Gasteiger partial charge in [0.1, 0.15) is 0 Å². The molecule has 25 heavy (non-hydrogen) atoms. The Morgan fingerprint density at radius 2 is 1.56 bits per heavy atom. The van der Waals surface area contributed by atoms with Crippen LogP contribution >= 0.6 is 0 Å². The highest BCUT2D eigenvalue weighted by Gasteiger charge is 2.30. The van der Waals surface area contributed by atoms with E-state index in [1.165, 1.54) is 36.8 Å². The fraction of sp³-hybridized carbons (Fsp3) is 0.118. The van der Waals surface area contributed by atoms with E-state index in [1.807, 2.05) is 0 Å². The van der Waals surface area contributed by atoms with Crippen LogP contribution in [-0.2, 0) is 16.0 Å². The molecule has 3 aromatic rings. The Bertz CT molecular complexity index is 990. The van der Waals surface area contributed by atoms with E-state index in [0.29, 0.717) is 16.9 Å². The van der Waals surface area contributed by atoms with Crippen molar-refractivity contribution in [2.45, 2.75) is 11.1 Å². The number of hydrogen-bond acceptors (Lipinski definition) is 3. The van der Waals surface area contributed by atoms with Crippen molar-refractivity contribution in [2.24, 2.45) is 0 Å². The normalized spacial score (nSPS) is 12.3. The average Bonchev–Trinajstić information content (AvgIpc) is 3.03. The lowest BCUT2D eigenvalue weighted by atomic mass is 10.1. The van der Waals surface area contributed by atoms with E-state index in [1.54, 1.807) is 16.7 Å². The second-order valence-electron chi connectivity index (χ2n) is 5.49. The number of halogens is 3. The third-order valence-corrected chi connectivity index (χ3v) is 4.82. The van der Waals surface area contributed by atoms with Crippen LogP contribution in [0.15, 0.2) is 66.0 Å². The number of benzene rings is 2. The van der Waals surface area contributed by atoms with Gasteiger partial charge in [-0.25, -0.2) is 13.4 Å². The molecular formula is C17H13F3N2O2S. The second kappa shape index (κ2) is 6.03. The molecule has 2 aromatic carbocycles. The molecule has 0 aliphatic heterocycles. The first-order valence-corrected chi connectivity index (χ1v) is 9.06. The van der Waals surface area contributed by atoms with E-state index in [0.717, 1.165) is 18.4 Å². The van der Waals surface area contributed by atoms with Crippen molar-refractivity contribution in [3.05, 3.63) is 66.6 Å². The lowest BCUT2D eigenvalue weighted by Gasteiger charge is -2.11.